The normalized spacial score (nSPS) is 12.1. The molecule has 146 valence electrons. The molecule has 0 radical (unpaired) electrons. The molecule has 1 aromatic heterocycles. The van der Waals surface area contributed by atoms with Crippen LogP contribution in [0.15, 0.2) is 58.5 Å². The van der Waals surface area contributed by atoms with E-state index in [0.717, 1.165) is 11.8 Å². The summed E-state index contributed by atoms with van der Waals surface area (Å²) in [4.78, 5) is 29.7. The lowest BCUT2D eigenvalue weighted by Crippen LogP contribution is -2.36. The standard InChI is InChI=1S/C20H20FN3O3S/c1-13(11-27-2)22-18(25)12-28-20-23-16-9-5-3-7-14(16)19(26)24(20)17-10-6-4-8-15(17)21/h3-10,13H,11-12H2,1-2H3,(H,22,25). The molecule has 3 rings (SSSR count). The van der Waals surface area contributed by atoms with Crippen LogP contribution in [-0.4, -0.2) is 41.0 Å². The van der Waals surface area contributed by atoms with E-state index in [1.54, 1.807) is 43.5 Å². The first kappa shape index (κ1) is 20.0. The summed E-state index contributed by atoms with van der Waals surface area (Å²) in [7, 11) is 1.56. The first-order valence-electron chi connectivity index (χ1n) is 8.69. The van der Waals surface area contributed by atoms with E-state index in [4.69, 9.17) is 4.74 Å². The van der Waals surface area contributed by atoms with Gasteiger partial charge in [0.2, 0.25) is 5.91 Å². The van der Waals surface area contributed by atoms with E-state index in [2.05, 4.69) is 10.3 Å². The minimum Gasteiger partial charge on any atom is -0.383 e. The average molecular weight is 401 g/mol. The van der Waals surface area contributed by atoms with Gasteiger partial charge in [0.05, 0.1) is 29.0 Å². The maximum atomic E-state index is 14.4. The number of halogens is 1. The minimum atomic E-state index is -0.540. The van der Waals surface area contributed by atoms with Gasteiger partial charge < -0.3 is 10.1 Å². The monoisotopic (exact) mass is 401 g/mol. The number of benzene rings is 2. The highest BCUT2D eigenvalue weighted by molar-refractivity contribution is 7.99. The molecule has 8 heteroatoms. The third-order valence-corrected chi connectivity index (χ3v) is 4.93. The van der Waals surface area contributed by atoms with Gasteiger partial charge in [0.25, 0.3) is 5.56 Å². The maximum Gasteiger partial charge on any atom is 0.266 e. The largest absolute Gasteiger partial charge is 0.383 e. The van der Waals surface area contributed by atoms with E-state index in [-0.39, 0.29) is 34.1 Å². The van der Waals surface area contributed by atoms with Crippen LogP contribution in [0, 0.1) is 5.82 Å². The average Bonchev–Trinajstić information content (AvgIpc) is 2.67. The number of carbonyl (C=O) groups is 1. The molecule has 2 aromatic carbocycles. The fraction of sp³-hybridized carbons (Fsp3) is 0.250. The van der Waals surface area contributed by atoms with Crippen molar-refractivity contribution in [3.8, 4) is 5.69 Å². The lowest BCUT2D eigenvalue weighted by Gasteiger charge is -2.15. The second-order valence-corrected chi connectivity index (χ2v) is 7.16. The first-order chi connectivity index (χ1) is 13.5. The van der Waals surface area contributed by atoms with Gasteiger partial charge in [-0.3, -0.25) is 14.2 Å². The Morgan fingerprint density at radius 1 is 1.25 bits per heavy atom. The van der Waals surface area contributed by atoms with Crippen LogP contribution in [0.2, 0.25) is 0 Å². The molecule has 0 bridgehead atoms. The van der Waals surface area contributed by atoms with Crippen LogP contribution in [0.25, 0.3) is 16.6 Å². The second kappa shape index (κ2) is 8.99. The molecule has 0 saturated carbocycles. The van der Waals surface area contributed by atoms with Gasteiger partial charge in [-0.15, -0.1) is 0 Å². The van der Waals surface area contributed by atoms with Crippen molar-refractivity contribution >= 4 is 28.6 Å². The first-order valence-corrected chi connectivity index (χ1v) is 9.67. The highest BCUT2D eigenvalue weighted by Crippen LogP contribution is 2.22. The molecule has 28 heavy (non-hydrogen) atoms. The van der Waals surface area contributed by atoms with Crippen molar-refractivity contribution in [2.24, 2.45) is 0 Å². The van der Waals surface area contributed by atoms with Crippen molar-refractivity contribution in [2.75, 3.05) is 19.5 Å². The van der Waals surface area contributed by atoms with Crippen LogP contribution < -0.4 is 10.9 Å². The number of methoxy groups -OCH3 is 1. The molecule has 0 fully saturated rings. The Kier molecular flexibility index (Phi) is 6.43. The van der Waals surface area contributed by atoms with Crippen molar-refractivity contribution in [3.05, 3.63) is 64.7 Å². The second-order valence-electron chi connectivity index (χ2n) is 6.22. The van der Waals surface area contributed by atoms with Gasteiger partial charge >= 0.3 is 0 Å². The molecule has 0 aliphatic heterocycles. The van der Waals surface area contributed by atoms with Crippen LogP contribution in [0.5, 0.6) is 0 Å². The number of fused-ring (bicyclic) bond motifs is 1. The molecular formula is C20H20FN3O3S. The molecule has 0 aliphatic rings. The maximum absolute atomic E-state index is 14.4. The highest BCUT2D eigenvalue weighted by Gasteiger charge is 2.17. The fourth-order valence-electron chi connectivity index (χ4n) is 2.79. The Bertz CT molecular complexity index is 1050. The lowest BCUT2D eigenvalue weighted by atomic mass is 10.2. The number of ether oxygens (including phenoxy) is 1. The van der Waals surface area contributed by atoms with Gasteiger partial charge in [-0.25, -0.2) is 9.37 Å². The molecule has 1 unspecified atom stereocenters. The molecular weight excluding hydrogens is 381 g/mol. The van der Waals surface area contributed by atoms with E-state index in [0.29, 0.717) is 17.5 Å². The van der Waals surface area contributed by atoms with Crippen molar-refractivity contribution < 1.29 is 13.9 Å². The SMILES string of the molecule is COCC(C)NC(=O)CSc1nc2ccccc2c(=O)n1-c1ccccc1F. The zero-order valence-electron chi connectivity index (χ0n) is 15.5. The number of hydrogen-bond acceptors (Lipinski definition) is 5. The summed E-state index contributed by atoms with van der Waals surface area (Å²) in [6.07, 6.45) is 0. The van der Waals surface area contributed by atoms with Crippen molar-refractivity contribution in [3.63, 3.8) is 0 Å². The van der Waals surface area contributed by atoms with Crippen LogP contribution in [0.4, 0.5) is 4.39 Å². The number of rotatable bonds is 7. The van der Waals surface area contributed by atoms with Crippen LogP contribution in [0.3, 0.4) is 0 Å². The Morgan fingerprint density at radius 3 is 2.71 bits per heavy atom. The number of thioether (sulfide) groups is 1. The number of amides is 1. The summed E-state index contributed by atoms with van der Waals surface area (Å²) in [6.45, 7) is 2.22. The van der Waals surface area contributed by atoms with Gasteiger partial charge in [0, 0.05) is 13.2 Å². The van der Waals surface area contributed by atoms with E-state index in [1.807, 2.05) is 6.92 Å². The summed E-state index contributed by atoms with van der Waals surface area (Å²) in [5.74, 6) is -0.730. The summed E-state index contributed by atoms with van der Waals surface area (Å²) in [5, 5.41) is 3.44. The zero-order valence-corrected chi connectivity index (χ0v) is 16.3. The molecule has 0 aliphatic carbocycles. The van der Waals surface area contributed by atoms with Gasteiger partial charge in [0.1, 0.15) is 5.82 Å². The predicted octanol–water partition coefficient (Wildman–Crippen LogP) is 2.77. The summed E-state index contributed by atoms with van der Waals surface area (Å²) in [6, 6.07) is 12.7. The number of carbonyl (C=O) groups excluding carboxylic acids is 1. The van der Waals surface area contributed by atoms with Gasteiger partial charge in [-0.1, -0.05) is 36.0 Å². The molecule has 0 saturated heterocycles. The molecule has 3 aromatic rings. The van der Waals surface area contributed by atoms with Gasteiger partial charge in [-0.2, -0.15) is 0 Å². The van der Waals surface area contributed by atoms with E-state index in [1.165, 1.54) is 16.7 Å². The Labute approximate surface area is 165 Å². The lowest BCUT2D eigenvalue weighted by molar-refractivity contribution is -0.119. The number of hydrogen-bond donors (Lipinski definition) is 1. The van der Waals surface area contributed by atoms with E-state index >= 15 is 0 Å². The van der Waals surface area contributed by atoms with Crippen molar-refractivity contribution in [1.82, 2.24) is 14.9 Å². The van der Waals surface area contributed by atoms with Crippen LogP contribution in [0.1, 0.15) is 6.92 Å². The van der Waals surface area contributed by atoms with Crippen molar-refractivity contribution in [2.45, 2.75) is 18.1 Å². The Balaban J connectivity index is 1.99. The number of nitrogens with zero attached hydrogens (tertiary/aromatic N) is 2. The quantitative estimate of drug-likeness (QED) is 0.487. The number of nitrogens with one attached hydrogen (secondary N) is 1. The van der Waals surface area contributed by atoms with E-state index < -0.39 is 5.82 Å². The molecule has 0 spiro atoms. The molecule has 6 nitrogen and oxygen atoms in total. The predicted molar refractivity (Wildman–Crippen MR) is 108 cm³/mol. The van der Waals surface area contributed by atoms with Crippen LogP contribution in [-0.2, 0) is 9.53 Å². The smallest absolute Gasteiger partial charge is 0.266 e. The fourth-order valence-corrected chi connectivity index (χ4v) is 3.61. The molecule has 1 amide bonds. The van der Waals surface area contributed by atoms with E-state index in [9.17, 15) is 14.0 Å². The Morgan fingerprint density at radius 2 is 1.96 bits per heavy atom. The Hall–Kier alpha value is -2.71. The summed E-state index contributed by atoms with van der Waals surface area (Å²) >= 11 is 1.08. The third kappa shape index (κ3) is 4.40. The highest BCUT2D eigenvalue weighted by atomic mass is 32.2. The number of aromatic nitrogens is 2. The molecule has 1 N–H and O–H groups in total. The van der Waals surface area contributed by atoms with Gasteiger partial charge in [0.15, 0.2) is 5.16 Å². The van der Waals surface area contributed by atoms with Crippen molar-refractivity contribution in [1.29, 1.82) is 0 Å². The third-order valence-electron chi connectivity index (χ3n) is 3.99. The minimum absolute atomic E-state index is 0.0350. The van der Waals surface area contributed by atoms with Gasteiger partial charge in [-0.05, 0) is 31.2 Å². The summed E-state index contributed by atoms with van der Waals surface area (Å²) < 4.78 is 20.6. The molecule has 1 heterocycles. The summed E-state index contributed by atoms with van der Waals surface area (Å²) in [5.41, 5.74) is 0.212. The number of para-hydroxylation sites is 2. The topological polar surface area (TPSA) is 73.2 Å². The molecule has 1 atom stereocenters. The van der Waals surface area contributed by atoms with Crippen LogP contribution >= 0.6 is 11.8 Å². The zero-order chi connectivity index (χ0) is 20.1.